The first kappa shape index (κ1) is 21.2. The molecule has 0 unspecified atom stereocenters. The molecule has 4 rings (SSSR count). The first-order valence-corrected chi connectivity index (χ1v) is 10.5. The Morgan fingerprint density at radius 3 is 2.53 bits per heavy atom. The third kappa shape index (κ3) is 4.33. The minimum Gasteiger partial charge on any atom is -0.318 e. The highest BCUT2D eigenvalue weighted by atomic mass is 32.1. The second-order valence-electron chi connectivity index (χ2n) is 7.04. The minimum atomic E-state index is -0.297. The van der Waals surface area contributed by atoms with E-state index < -0.39 is 0 Å². The van der Waals surface area contributed by atoms with Crippen molar-refractivity contribution < 1.29 is 9.18 Å². The van der Waals surface area contributed by atoms with Crippen LogP contribution >= 0.6 is 11.3 Å². The van der Waals surface area contributed by atoms with Gasteiger partial charge in [-0.1, -0.05) is 29.5 Å². The monoisotopic (exact) mass is 443 g/mol. The van der Waals surface area contributed by atoms with Gasteiger partial charge in [0.15, 0.2) is 5.01 Å². The molecule has 0 atom stereocenters. The number of nitrogens with one attached hydrogen (secondary N) is 1. The van der Waals surface area contributed by atoms with Crippen LogP contribution in [0.3, 0.4) is 0 Å². The second-order valence-corrected chi connectivity index (χ2v) is 8.02. The molecule has 0 bridgehead atoms. The average Bonchev–Trinajstić information content (AvgIpc) is 3.37. The van der Waals surface area contributed by atoms with Crippen molar-refractivity contribution in [2.75, 3.05) is 5.32 Å². The fourth-order valence-electron chi connectivity index (χ4n) is 3.36. The number of halogens is 1. The molecule has 0 fully saturated rings. The van der Waals surface area contributed by atoms with E-state index in [0.29, 0.717) is 21.3 Å². The van der Waals surface area contributed by atoms with Crippen LogP contribution in [0.4, 0.5) is 9.52 Å². The van der Waals surface area contributed by atoms with Crippen LogP contribution < -0.4 is 5.32 Å². The lowest BCUT2D eigenvalue weighted by Crippen LogP contribution is -2.11. The van der Waals surface area contributed by atoms with E-state index in [9.17, 15) is 14.4 Å². The number of aryl methyl sites for hydroxylation is 1. The number of carbonyl (C=O) groups excluding carboxylic acids is 1. The van der Waals surface area contributed by atoms with Crippen LogP contribution in [-0.2, 0) is 0 Å². The van der Waals surface area contributed by atoms with E-state index in [4.69, 9.17) is 0 Å². The third-order valence-corrected chi connectivity index (χ3v) is 5.76. The summed E-state index contributed by atoms with van der Waals surface area (Å²) in [7, 11) is 0. The fraction of sp³-hybridized carbons (Fsp3) is 0.0833. The maximum absolute atomic E-state index is 13.3. The molecule has 0 aliphatic heterocycles. The van der Waals surface area contributed by atoms with Crippen molar-refractivity contribution >= 4 is 34.0 Å². The Hall–Kier alpha value is -4.09. The van der Waals surface area contributed by atoms with Crippen LogP contribution in [-0.4, -0.2) is 20.7 Å². The SMILES string of the molecule is Cc1cc(/C=C(\C#N)c2nnc(NC(=O)c3ccccc3)s2)c(C)n1-c1ccc(F)cc1. The highest BCUT2D eigenvalue weighted by Crippen LogP contribution is 2.28. The van der Waals surface area contributed by atoms with Crippen molar-refractivity contribution in [2.24, 2.45) is 0 Å². The summed E-state index contributed by atoms with van der Waals surface area (Å²) in [6, 6.07) is 19.2. The lowest BCUT2D eigenvalue weighted by molar-refractivity contribution is 0.102. The van der Waals surface area contributed by atoms with E-state index in [1.165, 1.54) is 12.1 Å². The van der Waals surface area contributed by atoms with Crippen LogP contribution in [0.25, 0.3) is 17.3 Å². The Balaban J connectivity index is 1.61. The number of rotatable bonds is 5. The molecule has 2 heterocycles. The first-order valence-electron chi connectivity index (χ1n) is 9.73. The van der Waals surface area contributed by atoms with Crippen LogP contribution in [0.15, 0.2) is 60.7 Å². The molecule has 4 aromatic rings. The summed E-state index contributed by atoms with van der Waals surface area (Å²) in [6.07, 6.45) is 1.74. The van der Waals surface area contributed by atoms with E-state index in [0.717, 1.165) is 34.0 Å². The van der Waals surface area contributed by atoms with Gasteiger partial charge in [-0.25, -0.2) is 4.39 Å². The number of hydrogen-bond donors (Lipinski definition) is 1. The maximum Gasteiger partial charge on any atom is 0.257 e. The van der Waals surface area contributed by atoms with E-state index in [-0.39, 0.29) is 11.7 Å². The number of carbonyl (C=O) groups is 1. The van der Waals surface area contributed by atoms with Crippen LogP contribution in [0.5, 0.6) is 0 Å². The van der Waals surface area contributed by atoms with Gasteiger partial charge in [-0.15, -0.1) is 10.2 Å². The van der Waals surface area contributed by atoms with Gasteiger partial charge in [-0.3, -0.25) is 10.1 Å². The van der Waals surface area contributed by atoms with Gasteiger partial charge in [0.1, 0.15) is 11.9 Å². The maximum atomic E-state index is 13.3. The van der Waals surface area contributed by atoms with Crippen LogP contribution in [0.1, 0.15) is 32.3 Å². The molecule has 0 saturated carbocycles. The molecule has 1 amide bonds. The van der Waals surface area contributed by atoms with Crippen LogP contribution in [0, 0.1) is 31.0 Å². The van der Waals surface area contributed by atoms with Gasteiger partial charge in [0.05, 0.1) is 5.57 Å². The number of amides is 1. The zero-order chi connectivity index (χ0) is 22.7. The van der Waals surface area contributed by atoms with Gasteiger partial charge < -0.3 is 4.57 Å². The number of nitrogens with zero attached hydrogens (tertiary/aromatic N) is 4. The first-order chi connectivity index (χ1) is 15.5. The number of benzene rings is 2. The normalized spacial score (nSPS) is 11.2. The molecule has 6 nitrogen and oxygen atoms in total. The molecule has 0 spiro atoms. The molecule has 2 aromatic heterocycles. The van der Waals surface area contributed by atoms with Crippen molar-refractivity contribution in [3.05, 3.63) is 94.0 Å². The number of allylic oxidation sites excluding steroid dienone is 1. The summed E-state index contributed by atoms with van der Waals surface area (Å²) in [4.78, 5) is 12.3. The Kier molecular flexibility index (Phi) is 5.92. The molecule has 1 N–H and O–H groups in total. The Morgan fingerprint density at radius 2 is 1.84 bits per heavy atom. The zero-order valence-corrected chi connectivity index (χ0v) is 18.2. The second kappa shape index (κ2) is 8.96. The standard InChI is InChI=1S/C24H18FN5OS/c1-15-12-18(16(2)30(15)21-10-8-20(25)9-11-21)13-19(14-26)23-28-29-24(32-23)27-22(31)17-6-4-3-5-7-17/h3-13H,1-2H3,(H,27,29,31)/b19-13+. The highest BCUT2D eigenvalue weighted by molar-refractivity contribution is 7.16. The van der Waals surface area contributed by atoms with Gasteiger partial charge in [-0.2, -0.15) is 5.26 Å². The fourth-order valence-corrected chi connectivity index (χ4v) is 4.06. The van der Waals surface area contributed by atoms with Gasteiger partial charge in [-0.05, 0) is 68.0 Å². The van der Waals surface area contributed by atoms with Gasteiger partial charge in [0.2, 0.25) is 5.13 Å². The Labute approximate surface area is 188 Å². The predicted molar refractivity (Wildman–Crippen MR) is 123 cm³/mol. The Morgan fingerprint density at radius 1 is 1.12 bits per heavy atom. The lowest BCUT2D eigenvalue weighted by Gasteiger charge is -2.09. The molecule has 0 aliphatic carbocycles. The summed E-state index contributed by atoms with van der Waals surface area (Å²) in [5.41, 5.74) is 4.38. The molecular weight excluding hydrogens is 425 g/mol. The molecule has 0 saturated heterocycles. The molecule has 2 aromatic carbocycles. The van der Waals surface area contributed by atoms with E-state index in [2.05, 4.69) is 21.6 Å². The molecule has 0 radical (unpaired) electrons. The quantitative estimate of drug-likeness (QED) is 0.419. The number of aromatic nitrogens is 3. The molecular formula is C24H18FN5OS. The van der Waals surface area contributed by atoms with Gasteiger partial charge in [0.25, 0.3) is 5.91 Å². The van der Waals surface area contributed by atoms with Gasteiger partial charge in [0, 0.05) is 22.6 Å². The van der Waals surface area contributed by atoms with Gasteiger partial charge >= 0.3 is 0 Å². The van der Waals surface area contributed by atoms with E-state index in [1.54, 1.807) is 42.5 Å². The smallest absolute Gasteiger partial charge is 0.257 e. The van der Waals surface area contributed by atoms with Crippen molar-refractivity contribution in [3.8, 4) is 11.8 Å². The van der Waals surface area contributed by atoms with Crippen molar-refractivity contribution in [2.45, 2.75) is 13.8 Å². The topological polar surface area (TPSA) is 83.6 Å². The number of anilines is 1. The minimum absolute atomic E-state index is 0.293. The van der Waals surface area contributed by atoms with Crippen molar-refractivity contribution in [1.29, 1.82) is 5.26 Å². The summed E-state index contributed by atoms with van der Waals surface area (Å²) in [5.74, 6) is -0.590. The summed E-state index contributed by atoms with van der Waals surface area (Å²) in [5, 5.41) is 21.2. The number of hydrogen-bond acceptors (Lipinski definition) is 5. The van der Waals surface area contributed by atoms with Crippen molar-refractivity contribution in [1.82, 2.24) is 14.8 Å². The van der Waals surface area contributed by atoms with Crippen molar-refractivity contribution in [3.63, 3.8) is 0 Å². The molecule has 0 aliphatic rings. The van der Waals surface area contributed by atoms with E-state index >= 15 is 0 Å². The molecule has 32 heavy (non-hydrogen) atoms. The van der Waals surface area contributed by atoms with E-state index in [1.807, 2.05) is 30.5 Å². The van der Waals surface area contributed by atoms with Crippen LogP contribution in [0.2, 0.25) is 0 Å². The average molecular weight is 444 g/mol. The third-order valence-electron chi connectivity index (χ3n) is 4.89. The molecule has 158 valence electrons. The zero-order valence-electron chi connectivity index (χ0n) is 17.3. The summed E-state index contributed by atoms with van der Waals surface area (Å²) >= 11 is 1.13. The highest BCUT2D eigenvalue weighted by Gasteiger charge is 2.15. The summed E-state index contributed by atoms with van der Waals surface area (Å²) < 4.78 is 15.3. The largest absolute Gasteiger partial charge is 0.318 e. The summed E-state index contributed by atoms with van der Waals surface area (Å²) in [6.45, 7) is 3.88. The number of nitriles is 1. The lowest BCUT2D eigenvalue weighted by atomic mass is 10.1. The Bertz CT molecular complexity index is 1350. The molecule has 8 heteroatoms. The predicted octanol–water partition coefficient (Wildman–Crippen LogP) is 5.40.